The normalized spacial score (nSPS) is 21.1. The standard InChI is InChI=1S/C17H20ClN3OS/c18-15-5-1-2-6-16(15)19-17(22)13-21-9-7-20(8-10-21)12-14-4-3-11-23-14/h1-6,11H,7-10,12-13H2,(H,19,22)/p+2. The molecule has 1 saturated heterocycles. The van der Waals surface area contributed by atoms with Gasteiger partial charge in [-0.15, -0.1) is 11.3 Å². The van der Waals surface area contributed by atoms with Gasteiger partial charge < -0.3 is 15.1 Å². The number of quaternary nitrogens is 2. The van der Waals surface area contributed by atoms with E-state index in [1.54, 1.807) is 11.0 Å². The summed E-state index contributed by atoms with van der Waals surface area (Å²) in [6.07, 6.45) is 0. The van der Waals surface area contributed by atoms with Crippen molar-refractivity contribution in [3.05, 3.63) is 51.7 Å². The fourth-order valence-corrected chi connectivity index (χ4v) is 3.91. The monoisotopic (exact) mass is 351 g/mol. The highest BCUT2D eigenvalue weighted by molar-refractivity contribution is 7.09. The van der Waals surface area contributed by atoms with Crippen LogP contribution < -0.4 is 15.1 Å². The number of amides is 1. The highest BCUT2D eigenvalue weighted by Crippen LogP contribution is 2.19. The molecular formula is C17H22ClN3OS+2. The van der Waals surface area contributed by atoms with Crippen LogP contribution in [0.5, 0.6) is 0 Å². The lowest BCUT2D eigenvalue weighted by Gasteiger charge is -2.29. The number of halogens is 1. The van der Waals surface area contributed by atoms with Gasteiger partial charge in [-0.3, -0.25) is 4.79 Å². The minimum absolute atomic E-state index is 0.0369. The van der Waals surface area contributed by atoms with Crippen LogP contribution in [0, 0.1) is 0 Å². The number of hydrogen-bond acceptors (Lipinski definition) is 2. The molecule has 0 radical (unpaired) electrons. The Balaban J connectivity index is 1.43. The summed E-state index contributed by atoms with van der Waals surface area (Å²) >= 11 is 7.90. The Labute approximate surface area is 145 Å². The Bertz CT molecular complexity index is 639. The summed E-state index contributed by atoms with van der Waals surface area (Å²) in [5.41, 5.74) is 0.695. The van der Waals surface area contributed by atoms with Gasteiger partial charge in [-0.2, -0.15) is 0 Å². The second-order valence-electron chi connectivity index (χ2n) is 5.96. The first kappa shape index (κ1) is 16.5. The predicted molar refractivity (Wildman–Crippen MR) is 94.4 cm³/mol. The third kappa shape index (κ3) is 4.78. The quantitative estimate of drug-likeness (QED) is 0.713. The van der Waals surface area contributed by atoms with E-state index in [0.29, 0.717) is 17.3 Å². The Kier molecular flexibility index (Phi) is 5.67. The molecule has 4 nitrogen and oxygen atoms in total. The predicted octanol–water partition coefficient (Wildman–Crippen LogP) is 0.324. The minimum atomic E-state index is 0.0369. The van der Waals surface area contributed by atoms with Crippen LogP contribution in [0.2, 0.25) is 5.02 Å². The van der Waals surface area contributed by atoms with Crippen LogP contribution in [0.15, 0.2) is 41.8 Å². The van der Waals surface area contributed by atoms with E-state index in [2.05, 4.69) is 22.8 Å². The van der Waals surface area contributed by atoms with Crippen molar-refractivity contribution < 1.29 is 14.6 Å². The molecular weight excluding hydrogens is 330 g/mol. The molecule has 1 aliphatic heterocycles. The number of para-hydroxylation sites is 1. The van der Waals surface area contributed by atoms with Crippen molar-refractivity contribution in [2.75, 3.05) is 38.0 Å². The van der Waals surface area contributed by atoms with Crippen molar-refractivity contribution in [1.82, 2.24) is 0 Å². The second kappa shape index (κ2) is 7.93. The Morgan fingerprint density at radius 2 is 1.83 bits per heavy atom. The van der Waals surface area contributed by atoms with Crippen LogP contribution in [-0.4, -0.2) is 38.6 Å². The molecule has 0 bridgehead atoms. The lowest BCUT2D eigenvalue weighted by Crippen LogP contribution is -3.28. The third-order valence-electron chi connectivity index (χ3n) is 4.23. The number of thiophene rings is 1. The van der Waals surface area contributed by atoms with Gasteiger partial charge in [-0.05, 0) is 23.6 Å². The molecule has 2 aromatic rings. The van der Waals surface area contributed by atoms with Gasteiger partial charge in [0.1, 0.15) is 32.7 Å². The van der Waals surface area contributed by atoms with Gasteiger partial charge in [-0.1, -0.05) is 29.8 Å². The summed E-state index contributed by atoms with van der Waals surface area (Å²) in [5.74, 6) is 0.0369. The second-order valence-corrected chi connectivity index (χ2v) is 7.40. The van der Waals surface area contributed by atoms with Crippen molar-refractivity contribution in [2.24, 2.45) is 0 Å². The number of anilines is 1. The van der Waals surface area contributed by atoms with Crippen LogP contribution in [0.3, 0.4) is 0 Å². The number of hydrogen-bond donors (Lipinski definition) is 3. The molecule has 0 atom stereocenters. The van der Waals surface area contributed by atoms with E-state index in [1.165, 1.54) is 9.78 Å². The Hall–Kier alpha value is -1.40. The van der Waals surface area contributed by atoms with E-state index in [9.17, 15) is 4.79 Å². The van der Waals surface area contributed by atoms with Crippen LogP contribution in [0.4, 0.5) is 5.69 Å². The summed E-state index contributed by atoms with van der Waals surface area (Å²) < 4.78 is 0. The molecule has 1 amide bonds. The lowest BCUT2D eigenvalue weighted by atomic mass is 10.3. The summed E-state index contributed by atoms with van der Waals surface area (Å²) in [6, 6.07) is 11.7. The number of carbonyl (C=O) groups is 1. The highest BCUT2D eigenvalue weighted by Gasteiger charge is 2.25. The molecule has 6 heteroatoms. The maximum absolute atomic E-state index is 12.2. The summed E-state index contributed by atoms with van der Waals surface area (Å²) in [7, 11) is 0. The molecule has 2 heterocycles. The number of nitrogens with one attached hydrogen (secondary N) is 3. The zero-order valence-electron chi connectivity index (χ0n) is 13.0. The molecule has 3 rings (SSSR count). The molecule has 1 aromatic carbocycles. The molecule has 1 aromatic heterocycles. The van der Waals surface area contributed by atoms with E-state index in [-0.39, 0.29) is 5.91 Å². The molecule has 0 saturated carbocycles. The SMILES string of the molecule is O=C(C[NH+]1CC[NH+](Cc2cccs2)CC1)Nc1ccccc1Cl. The summed E-state index contributed by atoms with van der Waals surface area (Å²) in [4.78, 5) is 16.6. The molecule has 0 unspecified atom stereocenters. The van der Waals surface area contributed by atoms with Crippen LogP contribution >= 0.6 is 22.9 Å². The third-order valence-corrected chi connectivity index (χ3v) is 5.43. The van der Waals surface area contributed by atoms with Crippen LogP contribution in [0.1, 0.15) is 4.88 Å². The summed E-state index contributed by atoms with van der Waals surface area (Å²) in [5, 5.41) is 5.63. The van der Waals surface area contributed by atoms with E-state index in [0.717, 1.165) is 32.7 Å². The molecule has 3 N–H and O–H groups in total. The number of carbonyl (C=O) groups excluding carboxylic acids is 1. The molecule has 0 spiro atoms. The lowest BCUT2D eigenvalue weighted by molar-refractivity contribution is -1.01. The van der Waals surface area contributed by atoms with Gasteiger partial charge >= 0.3 is 0 Å². The fourth-order valence-electron chi connectivity index (χ4n) is 2.95. The first-order chi connectivity index (χ1) is 11.2. The van der Waals surface area contributed by atoms with Gasteiger partial charge in [0.05, 0.1) is 15.6 Å². The first-order valence-corrected chi connectivity index (χ1v) is 9.20. The molecule has 0 aliphatic carbocycles. The average molecular weight is 352 g/mol. The van der Waals surface area contributed by atoms with Crippen molar-refractivity contribution in [3.8, 4) is 0 Å². The molecule has 1 fully saturated rings. The average Bonchev–Trinajstić information content (AvgIpc) is 3.04. The number of benzene rings is 1. The topological polar surface area (TPSA) is 38.0 Å². The first-order valence-electron chi connectivity index (χ1n) is 7.94. The fraction of sp³-hybridized carbons (Fsp3) is 0.353. The maximum Gasteiger partial charge on any atom is 0.279 e. The molecule has 122 valence electrons. The highest BCUT2D eigenvalue weighted by atomic mass is 35.5. The van der Waals surface area contributed by atoms with Crippen molar-refractivity contribution >= 4 is 34.5 Å². The zero-order valence-corrected chi connectivity index (χ0v) is 14.6. The smallest absolute Gasteiger partial charge is 0.279 e. The van der Waals surface area contributed by atoms with Gasteiger partial charge in [-0.25, -0.2) is 0 Å². The molecule has 23 heavy (non-hydrogen) atoms. The maximum atomic E-state index is 12.2. The number of rotatable bonds is 5. The zero-order chi connectivity index (χ0) is 16.1. The van der Waals surface area contributed by atoms with Crippen LogP contribution in [0.25, 0.3) is 0 Å². The van der Waals surface area contributed by atoms with Gasteiger partial charge in [0.15, 0.2) is 6.54 Å². The van der Waals surface area contributed by atoms with E-state index >= 15 is 0 Å². The summed E-state index contributed by atoms with van der Waals surface area (Å²) in [6.45, 7) is 5.93. The van der Waals surface area contributed by atoms with Crippen LogP contribution in [-0.2, 0) is 11.3 Å². The van der Waals surface area contributed by atoms with Crippen molar-refractivity contribution in [3.63, 3.8) is 0 Å². The van der Waals surface area contributed by atoms with Crippen molar-refractivity contribution in [1.29, 1.82) is 0 Å². The largest absolute Gasteiger partial charge is 0.321 e. The van der Waals surface area contributed by atoms with Gasteiger partial charge in [0, 0.05) is 0 Å². The van der Waals surface area contributed by atoms with E-state index < -0.39 is 0 Å². The van der Waals surface area contributed by atoms with Gasteiger partial charge in [0.25, 0.3) is 5.91 Å². The minimum Gasteiger partial charge on any atom is -0.321 e. The van der Waals surface area contributed by atoms with E-state index in [1.807, 2.05) is 29.5 Å². The Morgan fingerprint density at radius 1 is 1.09 bits per heavy atom. The Morgan fingerprint density at radius 3 is 2.52 bits per heavy atom. The van der Waals surface area contributed by atoms with Crippen molar-refractivity contribution in [2.45, 2.75) is 6.54 Å². The number of piperazine rings is 1. The van der Waals surface area contributed by atoms with E-state index in [4.69, 9.17) is 11.6 Å². The van der Waals surface area contributed by atoms with Gasteiger partial charge in [0.2, 0.25) is 0 Å². The molecule has 1 aliphatic rings.